The Kier molecular flexibility index (Phi) is 3.52. The maximum absolute atomic E-state index is 14.1. The third-order valence-electron chi connectivity index (χ3n) is 2.22. The predicted molar refractivity (Wildman–Crippen MR) is 50.9 cm³/mol. The van der Waals surface area contributed by atoms with Gasteiger partial charge < -0.3 is 5.73 Å². The van der Waals surface area contributed by atoms with Gasteiger partial charge in [-0.2, -0.15) is 0 Å². The average Bonchev–Trinajstić information content (AvgIpc) is 2.18. The summed E-state index contributed by atoms with van der Waals surface area (Å²) in [6.07, 6.45) is 3.23. The monoisotopic (exact) mass is 200 g/mol. The molecule has 0 amide bonds. The normalized spacial score (nSPS) is 15.1. The largest absolute Gasteiger partial charge is 0.327 e. The predicted octanol–water partition coefficient (Wildman–Crippen LogP) is 2.14. The minimum Gasteiger partial charge on any atom is -0.327 e. The summed E-state index contributed by atoms with van der Waals surface area (Å²) in [6.45, 7) is 1.63. The van der Waals surface area contributed by atoms with Crippen LogP contribution in [-0.4, -0.2) is 11.5 Å². The van der Waals surface area contributed by atoms with Crippen LogP contribution in [0.2, 0.25) is 0 Å². The number of hydrogen-bond donors (Lipinski definition) is 1. The molecule has 0 aliphatic rings. The lowest BCUT2D eigenvalue weighted by molar-refractivity contribution is 0.153. The molecule has 1 rings (SSSR count). The number of aromatic nitrogens is 1. The van der Waals surface area contributed by atoms with Gasteiger partial charge in [-0.1, -0.05) is 13.3 Å². The maximum atomic E-state index is 14.1. The zero-order chi connectivity index (χ0) is 10.6. The van der Waals surface area contributed by atoms with Crippen molar-refractivity contribution in [3.63, 3.8) is 0 Å². The molecule has 78 valence electrons. The van der Waals surface area contributed by atoms with Crippen LogP contribution in [0.1, 0.15) is 25.3 Å². The second-order valence-electron chi connectivity index (χ2n) is 3.27. The van der Waals surface area contributed by atoms with Crippen LogP contribution >= 0.6 is 0 Å². The molecule has 1 aromatic rings. The van der Waals surface area contributed by atoms with Crippen LogP contribution in [0.25, 0.3) is 0 Å². The van der Waals surface area contributed by atoms with E-state index in [2.05, 4.69) is 4.98 Å². The molecular formula is C10H14F2N2. The quantitative estimate of drug-likeness (QED) is 0.808. The summed E-state index contributed by atoms with van der Waals surface area (Å²) >= 11 is 0. The highest BCUT2D eigenvalue weighted by molar-refractivity contribution is 5.21. The van der Waals surface area contributed by atoms with Crippen molar-refractivity contribution in [2.45, 2.75) is 25.4 Å². The first-order valence-electron chi connectivity index (χ1n) is 4.63. The van der Waals surface area contributed by atoms with Gasteiger partial charge in [0.05, 0.1) is 6.20 Å². The van der Waals surface area contributed by atoms with E-state index in [-0.39, 0.29) is 18.5 Å². The van der Waals surface area contributed by atoms with Gasteiger partial charge in [-0.25, -0.2) is 8.78 Å². The molecule has 2 N–H and O–H groups in total. The van der Waals surface area contributed by atoms with E-state index >= 15 is 0 Å². The van der Waals surface area contributed by atoms with Crippen LogP contribution in [0.3, 0.4) is 0 Å². The maximum Gasteiger partial charge on any atom is 0.151 e. The van der Waals surface area contributed by atoms with Gasteiger partial charge in [0.15, 0.2) is 5.67 Å². The zero-order valence-electron chi connectivity index (χ0n) is 8.13. The fourth-order valence-electron chi connectivity index (χ4n) is 1.48. The lowest BCUT2D eigenvalue weighted by atomic mass is 9.92. The first kappa shape index (κ1) is 11.0. The van der Waals surface area contributed by atoms with Gasteiger partial charge in [-0.05, 0) is 12.5 Å². The van der Waals surface area contributed by atoms with E-state index in [0.717, 1.165) is 6.20 Å². The molecule has 0 radical (unpaired) electrons. The molecule has 0 saturated heterocycles. The van der Waals surface area contributed by atoms with E-state index in [0.29, 0.717) is 6.42 Å². The second-order valence-corrected chi connectivity index (χ2v) is 3.27. The van der Waals surface area contributed by atoms with Crippen molar-refractivity contribution in [2.75, 3.05) is 6.54 Å². The summed E-state index contributed by atoms with van der Waals surface area (Å²) in [5, 5.41) is 0. The molecule has 1 heterocycles. The summed E-state index contributed by atoms with van der Waals surface area (Å²) in [4.78, 5) is 3.57. The molecule has 14 heavy (non-hydrogen) atoms. The van der Waals surface area contributed by atoms with Crippen molar-refractivity contribution >= 4 is 0 Å². The lowest BCUT2D eigenvalue weighted by Crippen LogP contribution is -2.31. The third-order valence-corrected chi connectivity index (χ3v) is 2.22. The smallest absolute Gasteiger partial charge is 0.151 e. The Balaban J connectivity index is 3.05. The summed E-state index contributed by atoms with van der Waals surface area (Å²) in [7, 11) is 0. The molecule has 0 fully saturated rings. The summed E-state index contributed by atoms with van der Waals surface area (Å²) in [5.74, 6) is -0.631. The van der Waals surface area contributed by atoms with Gasteiger partial charge in [0.25, 0.3) is 0 Å². The Morgan fingerprint density at radius 1 is 1.57 bits per heavy atom. The van der Waals surface area contributed by atoms with Gasteiger partial charge >= 0.3 is 0 Å². The Hall–Kier alpha value is -1.03. The highest BCUT2D eigenvalue weighted by Crippen LogP contribution is 2.31. The third kappa shape index (κ3) is 2.07. The molecule has 4 heteroatoms. The van der Waals surface area contributed by atoms with E-state index < -0.39 is 11.5 Å². The number of nitrogens with zero attached hydrogens (tertiary/aromatic N) is 1. The van der Waals surface area contributed by atoms with E-state index in [1.54, 1.807) is 0 Å². The van der Waals surface area contributed by atoms with Gasteiger partial charge in [0.1, 0.15) is 5.82 Å². The van der Waals surface area contributed by atoms with Crippen molar-refractivity contribution in [1.29, 1.82) is 0 Å². The Labute approximate surface area is 82.1 Å². The molecule has 0 aromatic carbocycles. The molecule has 1 aromatic heterocycles. The van der Waals surface area contributed by atoms with Gasteiger partial charge in [-0.15, -0.1) is 0 Å². The van der Waals surface area contributed by atoms with Crippen molar-refractivity contribution in [1.82, 2.24) is 4.98 Å². The molecule has 0 bridgehead atoms. The Bertz CT molecular complexity index is 304. The van der Waals surface area contributed by atoms with Crippen LogP contribution in [-0.2, 0) is 5.67 Å². The number of alkyl halides is 1. The topological polar surface area (TPSA) is 38.9 Å². The van der Waals surface area contributed by atoms with Crippen LogP contribution < -0.4 is 5.73 Å². The first-order chi connectivity index (χ1) is 6.64. The fraction of sp³-hybridized carbons (Fsp3) is 0.500. The van der Waals surface area contributed by atoms with E-state index in [4.69, 9.17) is 5.73 Å². The molecule has 1 atom stereocenters. The number of nitrogens with two attached hydrogens (primary N) is 1. The van der Waals surface area contributed by atoms with Crippen LogP contribution in [0.15, 0.2) is 18.5 Å². The van der Waals surface area contributed by atoms with Gasteiger partial charge in [0, 0.05) is 18.3 Å². The minimum atomic E-state index is -1.76. The molecule has 1 unspecified atom stereocenters. The van der Waals surface area contributed by atoms with E-state index in [1.165, 1.54) is 12.3 Å². The lowest BCUT2D eigenvalue weighted by Gasteiger charge is -2.23. The standard InChI is InChI=1S/C10H14F2N2/c1-2-4-10(12,7-13)8-3-5-14-6-9(8)11/h3,5-6H,2,4,7,13H2,1H3. The van der Waals surface area contributed by atoms with Crippen molar-refractivity contribution in [3.05, 3.63) is 29.8 Å². The van der Waals surface area contributed by atoms with Crippen molar-refractivity contribution in [3.8, 4) is 0 Å². The van der Waals surface area contributed by atoms with E-state index in [1.807, 2.05) is 6.92 Å². The van der Waals surface area contributed by atoms with Crippen molar-refractivity contribution in [2.24, 2.45) is 5.73 Å². The molecule has 0 spiro atoms. The molecule has 0 aliphatic carbocycles. The van der Waals surface area contributed by atoms with Crippen LogP contribution in [0.5, 0.6) is 0 Å². The van der Waals surface area contributed by atoms with Crippen molar-refractivity contribution < 1.29 is 8.78 Å². The Morgan fingerprint density at radius 2 is 2.29 bits per heavy atom. The van der Waals surface area contributed by atoms with Gasteiger partial charge in [-0.3, -0.25) is 4.98 Å². The Morgan fingerprint density at radius 3 is 2.79 bits per heavy atom. The number of hydrogen-bond acceptors (Lipinski definition) is 2. The molecule has 0 saturated carbocycles. The van der Waals surface area contributed by atoms with Gasteiger partial charge in [0.2, 0.25) is 0 Å². The minimum absolute atomic E-state index is 0.0110. The average molecular weight is 200 g/mol. The summed E-state index contributed by atoms with van der Waals surface area (Å²) in [5.41, 5.74) is 3.58. The first-order valence-corrected chi connectivity index (χ1v) is 4.63. The number of halogens is 2. The fourth-order valence-corrected chi connectivity index (χ4v) is 1.48. The van der Waals surface area contributed by atoms with Crippen LogP contribution in [0, 0.1) is 5.82 Å². The zero-order valence-corrected chi connectivity index (χ0v) is 8.13. The SMILES string of the molecule is CCCC(F)(CN)c1ccncc1F. The highest BCUT2D eigenvalue weighted by Gasteiger charge is 2.32. The second kappa shape index (κ2) is 4.46. The molecular weight excluding hydrogens is 186 g/mol. The molecule has 0 aliphatic heterocycles. The summed E-state index contributed by atoms with van der Waals surface area (Å²) in [6, 6.07) is 1.35. The number of pyridine rings is 1. The molecule has 2 nitrogen and oxygen atoms in total. The van der Waals surface area contributed by atoms with E-state index in [9.17, 15) is 8.78 Å². The number of rotatable bonds is 4. The highest BCUT2D eigenvalue weighted by atomic mass is 19.1. The van der Waals surface area contributed by atoms with Crippen LogP contribution in [0.4, 0.5) is 8.78 Å². The summed E-state index contributed by atoms with van der Waals surface area (Å²) < 4.78 is 27.4.